The Balaban J connectivity index is 0. The molecule has 0 aromatic rings. The van der Waals surface area contributed by atoms with Crippen molar-refractivity contribution in [3.63, 3.8) is 0 Å². The molecule has 1 aliphatic rings. The van der Waals surface area contributed by atoms with Gasteiger partial charge >= 0.3 is 0 Å². The Bertz CT molecular complexity index is 72.0. The minimum absolute atomic E-state index is 0. The van der Waals surface area contributed by atoms with Gasteiger partial charge in [-0.05, 0) is 0 Å². The molecule has 0 atom stereocenters. The first-order valence-electron chi connectivity index (χ1n) is 1.72. The molecular formula is C4H7Cl2NO. The lowest BCUT2D eigenvalue weighted by atomic mass is 10.8. The quantitative estimate of drug-likeness (QED) is 0.572. The summed E-state index contributed by atoms with van der Waals surface area (Å²) in [5.74, 6) is 0. The Morgan fingerprint density at radius 3 is 1.62 bits per heavy atom. The van der Waals surface area contributed by atoms with Crippen LogP contribution in [0.3, 0.4) is 0 Å². The van der Waals surface area contributed by atoms with Crippen molar-refractivity contribution in [3.8, 4) is 0 Å². The van der Waals surface area contributed by atoms with Crippen molar-refractivity contribution in [2.75, 3.05) is 0 Å². The van der Waals surface area contributed by atoms with Crippen molar-refractivity contribution < 1.29 is 4.74 Å². The van der Waals surface area contributed by atoms with Gasteiger partial charge in [0.2, 0.25) is 0 Å². The molecule has 1 aliphatic heterocycles. The maximum Gasteiger partial charge on any atom is 0.106 e. The number of halogens is 2. The molecule has 0 spiro atoms. The van der Waals surface area contributed by atoms with E-state index in [1.165, 1.54) is 0 Å². The predicted octanol–water partition coefficient (Wildman–Crippen LogP) is 1.39. The summed E-state index contributed by atoms with van der Waals surface area (Å²) in [4.78, 5) is 0. The predicted molar refractivity (Wildman–Crippen MR) is 37.0 cm³/mol. The molecule has 0 bridgehead atoms. The van der Waals surface area contributed by atoms with Crippen molar-refractivity contribution in [2.24, 2.45) is 0 Å². The van der Waals surface area contributed by atoms with Crippen LogP contribution < -0.4 is 5.32 Å². The van der Waals surface area contributed by atoms with Gasteiger partial charge in [0.1, 0.15) is 12.5 Å². The highest BCUT2D eigenvalue weighted by molar-refractivity contribution is 5.85. The van der Waals surface area contributed by atoms with Crippen LogP contribution in [-0.2, 0) is 4.74 Å². The molecule has 0 amide bonds. The molecule has 0 aromatic carbocycles. The van der Waals surface area contributed by atoms with Gasteiger partial charge in [0.15, 0.2) is 0 Å². The molecule has 0 saturated heterocycles. The second kappa shape index (κ2) is 6.66. The van der Waals surface area contributed by atoms with E-state index >= 15 is 0 Å². The van der Waals surface area contributed by atoms with Crippen LogP contribution in [0.1, 0.15) is 0 Å². The van der Waals surface area contributed by atoms with Crippen LogP contribution in [-0.4, -0.2) is 0 Å². The summed E-state index contributed by atoms with van der Waals surface area (Å²) < 4.78 is 4.65. The maximum absolute atomic E-state index is 4.65. The molecule has 0 radical (unpaired) electrons. The Hall–Kier alpha value is -0.340. The molecule has 2 nitrogen and oxygen atoms in total. The summed E-state index contributed by atoms with van der Waals surface area (Å²) in [6, 6.07) is 0. The van der Waals surface area contributed by atoms with Crippen LogP contribution in [0.4, 0.5) is 0 Å². The van der Waals surface area contributed by atoms with Crippen molar-refractivity contribution in [1.82, 2.24) is 5.32 Å². The van der Waals surface area contributed by atoms with Crippen LogP contribution in [0.2, 0.25) is 0 Å². The average molecular weight is 156 g/mol. The molecule has 1 N–H and O–H groups in total. The van der Waals surface area contributed by atoms with E-state index in [1.807, 2.05) is 0 Å². The van der Waals surface area contributed by atoms with Gasteiger partial charge in [-0.15, -0.1) is 24.8 Å². The average Bonchev–Trinajstić information content (AvgIpc) is 1.72. The zero-order valence-electron chi connectivity index (χ0n) is 4.03. The Morgan fingerprint density at radius 2 is 1.50 bits per heavy atom. The Morgan fingerprint density at radius 1 is 1.00 bits per heavy atom. The number of nitrogens with one attached hydrogen (secondary N) is 1. The first kappa shape index (κ1) is 10.6. The van der Waals surface area contributed by atoms with E-state index in [4.69, 9.17) is 0 Å². The third-order valence-electron chi connectivity index (χ3n) is 0.486. The molecule has 4 heteroatoms. The maximum atomic E-state index is 4.65. The summed E-state index contributed by atoms with van der Waals surface area (Å²) in [7, 11) is 0. The molecule has 1 rings (SSSR count). The van der Waals surface area contributed by atoms with Gasteiger partial charge < -0.3 is 10.1 Å². The van der Waals surface area contributed by atoms with Gasteiger partial charge in [-0.3, -0.25) is 0 Å². The van der Waals surface area contributed by atoms with Gasteiger partial charge in [-0.1, -0.05) is 0 Å². The molecular weight excluding hydrogens is 149 g/mol. The van der Waals surface area contributed by atoms with Crippen molar-refractivity contribution in [2.45, 2.75) is 0 Å². The van der Waals surface area contributed by atoms with Gasteiger partial charge in [-0.2, -0.15) is 0 Å². The highest BCUT2D eigenvalue weighted by Gasteiger charge is 1.72. The van der Waals surface area contributed by atoms with E-state index in [1.54, 1.807) is 24.9 Å². The number of hydrogen-bond acceptors (Lipinski definition) is 2. The van der Waals surface area contributed by atoms with E-state index in [0.29, 0.717) is 0 Å². The minimum Gasteiger partial charge on any atom is -0.470 e. The van der Waals surface area contributed by atoms with Gasteiger partial charge in [0.05, 0.1) is 0 Å². The van der Waals surface area contributed by atoms with E-state index in [-0.39, 0.29) is 24.8 Å². The van der Waals surface area contributed by atoms with E-state index in [9.17, 15) is 0 Å². The van der Waals surface area contributed by atoms with E-state index in [0.717, 1.165) is 0 Å². The summed E-state index contributed by atoms with van der Waals surface area (Å²) in [6.07, 6.45) is 6.56. The summed E-state index contributed by atoms with van der Waals surface area (Å²) in [5.41, 5.74) is 0. The largest absolute Gasteiger partial charge is 0.470 e. The normalized spacial score (nSPS) is 12.0. The fraction of sp³-hybridized carbons (Fsp3) is 0. The Labute approximate surface area is 60.4 Å². The van der Waals surface area contributed by atoms with Crippen molar-refractivity contribution in [3.05, 3.63) is 24.9 Å². The van der Waals surface area contributed by atoms with E-state index < -0.39 is 0 Å². The van der Waals surface area contributed by atoms with Crippen molar-refractivity contribution >= 4 is 24.8 Å². The van der Waals surface area contributed by atoms with Crippen LogP contribution in [0.5, 0.6) is 0 Å². The van der Waals surface area contributed by atoms with Crippen LogP contribution in [0.15, 0.2) is 24.9 Å². The molecule has 0 saturated carbocycles. The lowest BCUT2D eigenvalue weighted by Crippen LogP contribution is -1.94. The summed E-state index contributed by atoms with van der Waals surface area (Å²) in [6.45, 7) is 0. The highest BCUT2D eigenvalue weighted by Crippen LogP contribution is 1.81. The topological polar surface area (TPSA) is 21.3 Å². The molecule has 8 heavy (non-hydrogen) atoms. The lowest BCUT2D eigenvalue weighted by molar-refractivity contribution is 0.390. The minimum atomic E-state index is 0. The third kappa shape index (κ3) is 3.84. The molecule has 0 aliphatic carbocycles. The molecule has 1 heterocycles. The summed E-state index contributed by atoms with van der Waals surface area (Å²) >= 11 is 0. The second-order valence-electron chi connectivity index (χ2n) is 0.908. The monoisotopic (exact) mass is 155 g/mol. The standard InChI is InChI=1S/C4H5NO.2ClH/c1-3-6-4-2-5-1;;/h1-5H;2*1H. The molecule has 0 unspecified atom stereocenters. The fourth-order valence-electron chi connectivity index (χ4n) is 0.258. The first-order valence-corrected chi connectivity index (χ1v) is 1.72. The zero-order chi connectivity index (χ0) is 4.24. The smallest absolute Gasteiger partial charge is 0.106 e. The molecule has 48 valence electrons. The second-order valence-corrected chi connectivity index (χ2v) is 0.908. The molecule has 0 fully saturated rings. The van der Waals surface area contributed by atoms with Gasteiger partial charge in [0, 0.05) is 12.4 Å². The third-order valence-corrected chi connectivity index (χ3v) is 0.486. The Kier molecular flexibility index (Phi) is 8.83. The van der Waals surface area contributed by atoms with E-state index in [2.05, 4.69) is 10.1 Å². The zero-order valence-corrected chi connectivity index (χ0v) is 5.67. The SMILES string of the molecule is C1=COC=CN1.Cl.Cl. The van der Waals surface area contributed by atoms with Gasteiger partial charge in [-0.25, -0.2) is 0 Å². The fourth-order valence-corrected chi connectivity index (χ4v) is 0.258. The highest BCUT2D eigenvalue weighted by atomic mass is 35.5. The van der Waals surface area contributed by atoms with Crippen LogP contribution in [0.25, 0.3) is 0 Å². The first-order chi connectivity index (χ1) is 3.00. The number of ether oxygens (including phenoxy) is 1. The number of rotatable bonds is 0. The molecule has 0 aromatic heterocycles. The lowest BCUT2D eigenvalue weighted by Gasteiger charge is -1.94. The van der Waals surface area contributed by atoms with Crippen molar-refractivity contribution in [1.29, 1.82) is 0 Å². The summed E-state index contributed by atoms with van der Waals surface area (Å²) in [5, 5.41) is 2.80. The van der Waals surface area contributed by atoms with Crippen LogP contribution >= 0.6 is 24.8 Å². The van der Waals surface area contributed by atoms with Gasteiger partial charge in [0.25, 0.3) is 0 Å². The van der Waals surface area contributed by atoms with Crippen LogP contribution in [0, 0.1) is 0 Å². The number of hydrogen-bond donors (Lipinski definition) is 1.